The van der Waals surface area contributed by atoms with E-state index < -0.39 is 21.0 Å². The molecule has 0 aromatic heterocycles. The van der Waals surface area contributed by atoms with Crippen molar-refractivity contribution in [2.45, 2.75) is 18.9 Å². The van der Waals surface area contributed by atoms with Crippen LogP contribution in [0.2, 0.25) is 0 Å². The molecule has 2 heterocycles. The van der Waals surface area contributed by atoms with Crippen LogP contribution in [0, 0.1) is 0 Å². The van der Waals surface area contributed by atoms with Gasteiger partial charge in [-0.1, -0.05) is 12.1 Å². The third kappa shape index (κ3) is 4.99. The van der Waals surface area contributed by atoms with Gasteiger partial charge in [0.05, 0.1) is 23.5 Å². The maximum absolute atomic E-state index is 12.6. The molecular weight excluding hydrogens is 416 g/mol. The Hall–Kier alpha value is -2.33. The molecule has 10 heteroatoms. The molecule has 2 saturated heterocycles. The lowest BCUT2D eigenvalue weighted by Gasteiger charge is -2.24. The molecule has 1 aromatic rings. The Morgan fingerprint density at radius 1 is 1.38 bits per heavy atom. The molecule has 2 aliphatic heterocycles. The molecule has 2 fully saturated rings. The first-order chi connectivity index (χ1) is 13.7. The van der Waals surface area contributed by atoms with Crippen molar-refractivity contribution < 1.29 is 27.5 Å². The summed E-state index contributed by atoms with van der Waals surface area (Å²) in [5.74, 6) is -0.0572. The molecule has 0 saturated carbocycles. The topological polar surface area (TPSA) is 101 Å². The van der Waals surface area contributed by atoms with E-state index in [1.54, 1.807) is 44.5 Å². The molecule has 0 N–H and O–H groups in total. The van der Waals surface area contributed by atoms with Crippen LogP contribution in [0.5, 0.6) is 5.75 Å². The SMILES string of the molecule is COc1cccc(/C=C2\SC(=O)N(CCC(=O)N(C)[C@H]3CCS(=O)(=O)C3)C2=O)c1. The van der Waals surface area contributed by atoms with E-state index in [2.05, 4.69) is 0 Å². The molecule has 0 unspecified atom stereocenters. The highest BCUT2D eigenvalue weighted by Crippen LogP contribution is 2.32. The van der Waals surface area contributed by atoms with Crippen LogP contribution in [0.4, 0.5) is 4.79 Å². The molecule has 0 bridgehead atoms. The van der Waals surface area contributed by atoms with Crippen molar-refractivity contribution in [2.75, 3.05) is 32.2 Å². The fraction of sp³-hybridized carbons (Fsp3) is 0.421. The second-order valence-electron chi connectivity index (χ2n) is 6.92. The molecule has 1 atom stereocenters. The lowest BCUT2D eigenvalue weighted by Crippen LogP contribution is -2.40. The average molecular weight is 439 g/mol. The largest absolute Gasteiger partial charge is 0.497 e. The quantitative estimate of drug-likeness (QED) is 0.624. The van der Waals surface area contributed by atoms with Gasteiger partial charge in [0.15, 0.2) is 9.84 Å². The van der Waals surface area contributed by atoms with Gasteiger partial charge in [0.2, 0.25) is 5.91 Å². The summed E-state index contributed by atoms with van der Waals surface area (Å²) >= 11 is 0.829. The van der Waals surface area contributed by atoms with E-state index in [0.29, 0.717) is 12.2 Å². The fourth-order valence-corrected chi connectivity index (χ4v) is 5.88. The van der Waals surface area contributed by atoms with Gasteiger partial charge in [0.25, 0.3) is 11.1 Å². The molecule has 0 radical (unpaired) electrons. The maximum Gasteiger partial charge on any atom is 0.293 e. The number of carbonyl (C=O) groups excluding carboxylic acids is 3. The van der Waals surface area contributed by atoms with Crippen molar-refractivity contribution in [3.05, 3.63) is 34.7 Å². The lowest BCUT2D eigenvalue weighted by atomic mass is 10.2. The van der Waals surface area contributed by atoms with E-state index in [9.17, 15) is 22.8 Å². The third-order valence-corrected chi connectivity index (χ3v) is 7.62. The number of rotatable bonds is 6. The normalized spacial score (nSPS) is 22.3. The number of ether oxygens (including phenoxy) is 1. The summed E-state index contributed by atoms with van der Waals surface area (Å²) in [6, 6.07) is 6.76. The van der Waals surface area contributed by atoms with Gasteiger partial charge in [-0.15, -0.1) is 0 Å². The van der Waals surface area contributed by atoms with Crippen LogP contribution >= 0.6 is 11.8 Å². The van der Waals surface area contributed by atoms with Crippen LogP contribution in [0.3, 0.4) is 0 Å². The predicted molar refractivity (Wildman–Crippen MR) is 110 cm³/mol. The van der Waals surface area contributed by atoms with Crippen LogP contribution in [0.1, 0.15) is 18.4 Å². The minimum absolute atomic E-state index is 0.0389. The Bertz CT molecular complexity index is 973. The summed E-state index contributed by atoms with van der Waals surface area (Å²) in [7, 11) is 0.00697. The van der Waals surface area contributed by atoms with Gasteiger partial charge < -0.3 is 9.64 Å². The van der Waals surface area contributed by atoms with Crippen LogP contribution in [0.25, 0.3) is 6.08 Å². The first kappa shape index (κ1) is 21.4. The smallest absolute Gasteiger partial charge is 0.293 e. The van der Waals surface area contributed by atoms with Crippen molar-refractivity contribution in [1.82, 2.24) is 9.80 Å². The molecule has 3 amide bonds. The van der Waals surface area contributed by atoms with Crippen molar-refractivity contribution in [3.63, 3.8) is 0 Å². The van der Waals surface area contributed by atoms with Gasteiger partial charge in [-0.3, -0.25) is 19.3 Å². The van der Waals surface area contributed by atoms with E-state index in [4.69, 9.17) is 4.74 Å². The third-order valence-electron chi connectivity index (χ3n) is 4.96. The van der Waals surface area contributed by atoms with Crippen LogP contribution in [0.15, 0.2) is 29.2 Å². The van der Waals surface area contributed by atoms with Crippen LogP contribution in [-0.2, 0) is 19.4 Å². The summed E-state index contributed by atoms with van der Waals surface area (Å²) < 4.78 is 28.3. The number of amides is 3. The highest BCUT2D eigenvalue weighted by Gasteiger charge is 2.36. The monoisotopic (exact) mass is 438 g/mol. The van der Waals surface area contributed by atoms with Gasteiger partial charge in [-0.05, 0) is 42.0 Å². The molecule has 8 nitrogen and oxygen atoms in total. The van der Waals surface area contributed by atoms with Crippen molar-refractivity contribution >= 4 is 44.7 Å². The Balaban J connectivity index is 1.61. The second-order valence-corrected chi connectivity index (χ2v) is 10.1. The Labute approximate surface area is 173 Å². The molecule has 2 aliphatic rings. The minimum Gasteiger partial charge on any atom is -0.497 e. The summed E-state index contributed by atoms with van der Waals surface area (Å²) in [5, 5.41) is -0.428. The van der Waals surface area contributed by atoms with Crippen LogP contribution < -0.4 is 4.74 Å². The molecule has 1 aromatic carbocycles. The second kappa shape index (κ2) is 8.58. The van der Waals surface area contributed by atoms with E-state index in [1.807, 2.05) is 0 Å². The summed E-state index contributed by atoms with van der Waals surface area (Å²) in [6.45, 7) is -0.0389. The number of nitrogens with zero attached hydrogens (tertiary/aromatic N) is 2. The van der Waals surface area contributed by atoms with E-state index >= 15 is 0 Å². The fourth-order valence-electron chi connectivity index (χ4n) is 3.24. The number of thioether (sulfide) groups is 1. The molecule has 0 aliphatic carbocycles. The van der Waals surface area contributed by atoms with Gasteiger partial charge in [0.1, 0.15) is 5.75 Å². The molecule has 3 rings (SSSR count). The maximum atomic E-state index is 12.6. The molecule has 29 heavy (non-hydrogen) atoms. The van der Waals surface area contributed by atoms with E-state index in [0.717, 1.165) is 22.2 Å². The Morgan fingerprint density at radius 2 is 2.14 bits per heavy atom. The van der Waals surface area contributed by atoms with Gasteiger partial charge >= 0.3 is 0 Å². The van der Waals surface area contributed by atoms with Crippen molar-refractivity contribution in [1.29, 1.82) is 0 Å². The number of hydrogen-bond acceptors (Lipinski definition) is 7. The van der Waals surface area contributed by atoms with Crippen molar-refractivity contribution in [3.8, 4) is 5.75 Å². The number of carbonyl (C=O) groups is 3. The van der Waals surface area contributed by atoms with Gasteiger partial charge in [-0.25, -0.2) is 8.42 Å². The van der Waals surface area contributed by atoms with Gasteiger partial charge in [-0.2, -0.15) is 0 Å². The standard InChI is InChI=1S/C19H22N2O6S2/c1-20(14-7-9-29(25,26)12-14)17(22)6-8-21-18(23)16(28-19(21)24)11-13-4-3-5-15(10-13)27-2/h3-5,10-11,14H,6-9,12H2,1-2H3/b16-11-/t14-/m0/s1. The first-order valence-electron chi connectivity index (χ1n) is 9.05. The average Bonchev–Trinajstić information content (AvgIpc) is 3.18. The number of benzene rings is 1. The van der Waals surface area contributed by atoms with E-state index in [1.165, 1.54) is 4.90 Å². The zero-order valence-electron chi connectivity index (χ0n) is 16.2. The van der Waals surface area contributed by atoms with Gasteiger partial charge in [0, 0.05) is 26.1 Å². The number of imide groups is 1. The Morgan fingerprint density at radius 3 is 2.79 bits per heavy atom. The number of methoxy groups -OCH3 is 1. The van der Waals surface area contributed by atoms with Crippen molar-refractivity contribution in [2.24, 2.45) is 0 Å². The zero-order valence-corrected chi connectivity index (χ0v) is 17.8. The van der Waals surface area contributed by atoms with Crippen LogP contribution in [-0.4, -0.2) is 73.5 Å². The molecule has 156 valence electrons. The Kier molecular flexibility index (Phi) is 6.33. The summed E-state index contributed by atoms with van der Waals surface area (Å²) in [6.07, 6.45) is 1.98. The highest BCUT2D eigenvalue weighted by molar-refractivity contribution is 8.18. The first-order valence-corrected chi connectivity index (χ1v) is 11.7. The number of hydrogen-bond donors (Lipinski definition) is 0. The summed E-state index contributed by atoms with van der Waals surface area (Å²) in [5.41, 5.74) is 0.730. The number of sulfone groups is 1. The molecular formula is C19H22N2O6S2. The zero-order chi connectivity index (χ0) is 21.2. The highest BCUT2D eigenvalue weighted by atomic mass is 32.2. The predicted octanol–water partition coefficient (Wildman–Crippen LogP) is 1.77. The molecule has 0 spiro atoms. The summed E-state index contributed by atoms with van der Waals surface area (Å²) in [4.78, 5) is 40.0. The minimum atomic E-state index is -3.10. The van der Waals surface area contributed by atoms with E-state index in [-0.39, 0.29) is 41.3 Å². The lowest BCUT2D eigenvalue weighted by molar-refractivity contribution is -0.132.